The molecule has 4 nitrogen and oxygen atoms in total. The number of aliphatic hydroxyl groups is 1. The van der Waals surface area contributed by atoms with Crippen LogP contribution in [-0.2, 0) is 4.74 Å². The second-order valence-electron chi connectivity index (χ2n) is 6.36. The fraction of sp³-hybridized carbons (Fsp3) is 0.500. The van der Waals surface area contributed by atoms with E-state index in [-0.39, 0.29) is 12.0 Å². The number of hydrogen-bond acceptors (Lipinski definition) is 4. The molecule has 116 valence electrons. The van der Waals surface area contributed by atoms with Gasteiger partial charge in [0.25, 0.3) is 0 Å². The second kappa shape index (κ2) is 5.86. The molecule has 3 atom stereocenters. The molecule has 3 heterocycles. The maximum Gasteiger partial charge on any atom is 0.129 e. The lowest BCUT2D eigenvalue weighted by molar-refractivity contribution is -0.0438. The third-order valence-electron chi connectivity index (χ3n) is 5.03. The minimum Gasteiger partial charge on any atom is -0.393 e. The molecular formula is C18H22N2O2. The third kappa shape index (κ3) is 2.46. The summed E-state index contributed by atoms with van der Waals surface area (Å²) >= 11 is 0. The lowest BCUT2D eigenvalue weighted by atomic mass is 9.89. The van der Waals surface area contributed by atoms with E-state index in [1.807, 2.05) is 12.1 Å². The highest BCUT2D eigenvalue weighted by molar-refractivity contribution is 5.80. The van der Waals surface area contributed by atoms with Gasteiger partial charge >= 0.3 is 0 Å². The number of pyridine rings is 1. The highest BCUT2D eigenvalue weighted by Crippen LogP contribution is 2.33. The molecule has 1 aromatic heterocycles. The molecule has 0 spiro atoms. The van der Waals surface area contributed by atoms with Gasteiger partial charge in [-0.05, 0) is 37.5 Å². The number of hydrogen-bond donors (Lipinski definition) is 1. The Morgan fingerprint density at radius 1 is 1.14 bits per heavy atom. The van der Waals surface area contributed by atoms with Crippen LogP contribution in [-0.4, -0.2) is 42.0 Å². The van der Waals surface area contributed by atoms with Crippen molar-refractivity contribution in [2.75, 3.05) is 24.7 Å². The topological polar surface area (TPSA) is 45.6 Å². The van der Waals surface area contributed by atoms with E-state index in [9.17, 15) is 5.11 Å². The summed E-state index contributed by atoms with van der Waals surface area (Å²) < 4.78 is 5.61. The standard InChI is InChI=1S/C18H22N2O2/c21-17-9-11-22-12-14(17)16-6-3-10-20(16)18-8-7-13-4-1-2-5-15(13)19-18/h1-2,4-5,7-8,14,16-17,21H,3,6,9-12H2/t14-,16+,17+/m0/s1. The van der Waals surface area contributed by atoms with Gasteiger partial charge in [-0.3, -0.25) is 0 Å². The third-order valence-corrected chi connectivity index (χ3v) is 5.03. The van der Waals surface area contributed by atoms with Crippen LogP contribution in [0.5, 0.6) is 0 Å². The Hall–Kier alpha value is -1.65. The van der Waals surface area contributed by atoms with Crippen LogP contribution in [0, 0.1) is 5.92 Å². The molecule has 4 rings (SSSR count). The van der Waals surface area contributed by atoms with E-state index in [0.29, 0.717) is 19.3 Å². The van der Waals surface area contributed by atoms with Gasteiger partial charge in [0.05, 0.1) is 18.2 Å². The average molecular weight is 298 g/mol. The van der Waals surface area contributed by atoms with Crippen LogP contribution in [0.25, 0.3) is 10.9 Å². The number of nitrogens with zero attached hydrogens (tertiary/aromatic N) is 2. The number of aliphatic hydroxyl groups excluding tert-OH is 1. The summed E-state index contributed by atoms with van der Waals surface area (Å²) in [6, 6.07) is 12.8. The molecule has 22 heavy (non-hydrogen) atoms. The van der Waals surface area contributed by atoms with Gasteiger partial charge in [-0.2, -0.15) is 0 Å². The molecular weight excluding hydrogens is 276 g/mol. The molecule has 0 aliphatic carbocycles. The van der Waals surface area contributed by atoms with Gasteiger partial charge in [-0.1, -0.05) is 18.2 Å². The van der Waals surface area contributed by atoms with Crippen LogP contribution < -0.4 is 4.90 Å². The fourth-order valence-corrected chi connectivity index (χ4v) is 3.85. The monoisotopic (exact) mass is 298 g/mol. The number of fused-ring (bicyclic) bond motifs is 1. The van der Waals surface area contributed by atoms with Crippen molar-refractivity contribution in [1.29, 1.82) is 0 Å². The highest BCUT2D eigenvalue weighted by atomic mass is 16.5. The average Bonchev–Trinajstić information content (AvgIpc) is 3.04. The largest absolute Gasteiger partial charge is 0.393 e. The first-order chi connectivity index (χ1) is 10.8. The zero-order valence-electron chi connectivity index (χ0n) is 12.7. The second-order valence-corrected chi connectivity index (χ2v) is 6.36. The van der Waals surface area contributed by atoms with Crippen LogP contribution in [0.15, 0.2) is 36.4 Å². The number of rotatable bonds is 2. The molecule has 2 aromatic rings. The van der Waals surface area contributed by atoms with Crippen molar-refractivity contribution in [3.05, 3.63) is 36.4 Å². The summed E-state index contributed by atoms with van der Waals surface area (Å²) in [5.41, 5.74) is 1.03. The number of para-hydroxylation sites is 1. The molecule has 0 unspecified atom stereocenters. The van der Waals surface area contributed by atoms with Gasteiger partial charge in [0, 0.05) is 30.5 Å². The Kier molecular flexibility index (Phi) is 3.72. The first kappa shape index (κ1) is 14.0. The maximum absolute atomic E-state index is 10.3. The molecule has 2 fully saturated rings. The summed E-state index contributed by atoms with van der Waals surface area (Å²) in [5.74, 6) is 1.23. The van der Waals surface area contributed by atoms with E-state index in [2.05, 4.69) is 29.2 Å². The molecule has 2 aliphatic rings. The summed E-state index contributed by atoms with van der Waals surface area (Å²) in [4.78, 5) is 7.20. The van der Waals surface area contributed by atoms with Crippen LogP contribution >= 0.6 is 0 Å². The molecule has 1 N–H and O–H groups in total. The fourth-order valence-electron chi connectivity index (χ4n) is 3.85. The van der Waals surface area contributed by atoms with E-state index < -0.39 is 0 Å². The van der Waals surface area contributed by atoms with Crippen molar-refractivity contribution >= 4 is 16.7 Å². The van der Waals surface area contributed by atoms with Crippen molar-refractivity contribution in [2.24, 2.45) is 5.92 Å². The maximum atomic E-state index is 10.3. The van der Waals surface area contributed by atoms with Crippen molar-refractivity contribution in [3.63, 3.8) is 0 Å². The Labute approximate surface area is 130 Å². The predicted octanol–water partition coefficient (Wildman–Crippen LogP) is 2.60. The molecule has 0 saturated carbocycles. The molecule has 1 aromatic carbocycles. The molecule has 0 amide bonds. The Morgan fingerprint density at radius 3 is 2.95 bits per heavy atom. The van der Waals surface area contributed by atoms with E-state index in [4.69, 9.17) is 9.72 Å². The van der Waals surface area contributed by atoms with E-state index in [0.717, 1.165) is 37.1 Å². The molecule has 2 aliphatic heterocycles. The minimum absolute atomic E-state index is 0.199. The van der Waals surface area contributed by atoms with Crippen LogP contribution in [0.3, 0.4) is 0 Å². The zero-order chi connectivity index (χ0) is 14.9. The number of aromatic nitrogens is 1. The Morgan fingerprint density at radius 2 is 2.05 bits per heavy atom. The number of anilines is 1. The smallest absolute Gasteiger partial charge is 0.129 e. The van der Waals surface area contributed by atoms with Gasteiger partial charge in [-0.15, -0.1) is 0 Å². The summed E-state index contributed by atoms with van der Waals surface area (Å²) in [6.45, 7) is 2.35. The van der Waals surface area contributed by atoms with E-state index in [1.54, 1.807) is 0 Å². The van der Waals surface area contributed by atoms with E-state index >= 15 is 0 Å². The molecule has 0 radical (unpaired) electrons. The van der Waals surface area contributed by atoms with Crippen molar-refractivity contribution < 1.29 is 9.84 Å². The van der Waals surface area contributed by atoms with Crippen LogP contribution in [0.4, 0.5) is 5.82 Å². The zero-order valence-corrected chi connectivity index (χ0v) is 12.7. The van der Waals surface area contributed by atoms with Gasteiger partial charge in [0.2, 0.25) is 0 Å². The summed E-state index contributed by atoms with van der Waals surface area (Å²) in [6.07, 6.45) is 2.77. The van der Waals surface area contributed by atoms with Crippen LogP contribution in [0.2, 0.25) is 0 Å². The molecule has 4 heteroatoms. The first-order valence-corrected chi connectivity index (χ1v) is 8.21. The Bertz CT molecular complexity index is 660. The normalized spacial score (nSPS) is 29.1. The van der Waals surface area contributed by atoms with E-state index in [1.165, 1.54) is 5.39 Å². The van der Waals surface area contributed by atoms with Gasteiger partial charge in [0.1, 0.15) is 5.82 Å². The lowest BCUT2D eigenvalue weighted by Crippen LogP contribution is -2.46. The first-order valence-electron chi connectivity index (χ1n) is 8.21. The quantitative estimate of drug-likeness (QED) is 0.925. The van der Waals surface area contributed by atoms with Crippen molar-refractivity contribution in [2.45, 2.75) is 31.4 Å². The highest BCUT2D eigenvalue weighted by Gasteiger charge is 2.38. The van der Waals surface area contributed by atoms with Gasteiger partial charge in [-0.25, -0.2) is 4.98 Å². The molecule has 0 bridgehead atoms. The van der Waals surface area contributed by atoms with Gasteiger partial charge < -0.3 is 14.7 Å². The van der Waals surface area contributed by atoms with Crippen LogP contribution in [0.1, 0.15) is 19.3 Å². The number of benzene rings is 1. The SMILES string of the molecule is O[C@@H]1CCOC[C@H]1[C@H]1CCCN1c1ccc2ccccc2n1. The van der Waals surface area contributed by atoms with Crippen molar-refractivity contribution in [1.82, 2.24) is 4.98 Å². The Balaban J connectivity index is 1.64. The lowest BCUT2D eigenvalue weighted by Gasteiger charge is -2.37. The predicted molar refractivity (Wildman–Crippen MR) is 87.0 cm³/mol. The minimum atomic E-state index is -0.250. The summed E-state index contributed by atoms with van der Waals surface area (Å²) in [5, 5.41) is 11.5. The molecule has 2 saturated heterocycles. The van der Waals surface area contributed by atoms with Crippen molar-refractivity contribution in [3.8, 4) is 0 Å². The van der Waals surface area contributed by atoms with Gasteiger partial charge in [0.15, 0.2) is 0 Å². The summed E-state index contributed by atoms with van der Waals surface area (Å²) in [7, 11) is 0. The number of ether oxygens (including phenoxy) is 1.